The Morgan fingerprint density at radius 2 is 2.00 bits per heavy atom. The molecule has 1 aliphatic heterocycles. The number of thiazole rings is 1. The van der Waals surface area contributed by atoms with Crippen LogP contribution >= 0.6 is 47.5 Å². The van der Waals surface area contributed by atoms with Crippen molar-refractivity contribution < 1.29 is 39.4 Å². The number of thiol groups is 1. The maximum absolute atomic E-state index is 13.2. The molecule has 3 atom stereocenters. The Hall–Kier alpha value is -3.85. The van der Waals surface area contributed by atoms with Crippen LogP contribution in [0.4, 0.5) is 5.13 Å². The highest BCUT2D eigenvalue weighted by Gasteiger charge is 2.50. The van der Waals surface area contributed by atoms with Gasteiger partial charge in [-0.25, -0.2) is 9.78 Å². The molecule has 46 heavy (non-hydrogen) atoms. The van der Waals surface area contributed by atoms with Gasteiger partial charge in [0.25, 0.3) is 11.8 Å². The molecular weight excluding hydrogens is 681 g/mol. The third-order valence-electron chi connectivity index (χ3n) is 6.51. The van der Waals surface area contributed by atoms with E-state index in [1.54, 1.807) is 26.1 Å². The number of carboxylic acids is 2. The molecule has 0 saturated carbocycles. The van der Waals surface area contributed by atoms with Crippen molar-refractivity contribution in [3.05, 3.63) is 45.2 Å². The maximum Gasteiger partial charge on any atom is 0.353 e. The molecule has 0 bridgehead atoms. The Morgan fingerprint density at radius 3 is 2.57 bits per heavy atom. The van der Waals surface area contributed by atoms with Crippen molar-refractivity contribution in [1.29, 1.82) is 0 Å². The Bertz CT molecular complexity index is 1570. The lowest BCUT2D eigenvalue weighted by molar-refractivity contribution is -0.153. The van der Waals surface area contributed by atoms with Crippen molar-refractivity contribution in [1.82, 2.24) is 25.5 Å². The number of anilines is 1. The van der Waals surface area contributed by atoms with E-state index in [4.69, 9.17) is 16.6 Å². The summed E-state index contributed by atoms with van der Waals surface area (Å²) in [6.07, 6.45) is 2.68. The number of nitrogen functional groups attached to an aromatic ring is 1. The first-order valence-electron chi connectivity index (χ1n) is 13.4. The number of thioether (sulfide) groups is 2. The number of carbonyl (C=O) groups excluding carboxylic acids is 3. The van der Waals surface area contributed by atoms with Crippen molar-refractivity contribution in [3.8, 4) is 0 Å². The van der Waals surface area contributed by atoms with Crippen LogP contribution in [-0.2, 0) is 29.7 Å². The Labute approximate surface area is 280 Å². The van der Waals surface area contributed by atoms with Crippen molar-refractivity contribution in [2.24, 2.45) is 10.9 Å². The van der Waals surface area contributed by atoms with Crippen LogP contribution in [0.25, 0.3) is 0 Å². The summed E-state index contributed by atoms with van der Waals surface area (Å²) in [4.78, 5) is 71.9. The summed E-state index contributed by atoms with van der Waals surface area (Å²) >= 11 is 7.99. The largest absolute Gasteiger partial charge is 0.481 e. The Balaban J connectivity index is 1.69. The van der Waals surface area contributed by atoms with E-state index in [9.17, 15) is 34.3 Å². The Morgan fingerprint density at radius 1 is 1.28 bits per heavy atom. The summed E-state index contributed by atoms with van der Waals surface area (Å²) in [5, 5.41) is 36.6. The third-order valence-corrected chi connectivity index (χ3v) is 10.1. The molecule has 1 fully saturated rings. The molecule has 20 heteroatoms. The van der Waals surface area contributed by atoms with Crippen LogP contribution < -0.4 is 22.1 Å². The van der Waals surface area contributed by atoms with Gasteiger partial charge in [-0.1, -0.05) is 16.9 Å². The summed E-state index contributed by atoms with van der Waals surface area (Å²) in [5.74, 6) is -3.77. The zero-order chi connectivity index (χ0) is 34.1. The summed E-state index contributed by atoms with van der Waals surface area (Å²) < 4.78 is 0. The SMILES string of the molecule is Cc1sc(N)nc1/C(=N/O)C(=O)NC1C(=O)N(/C(C(=O)O)=C(\CS)Sc2ccncc2CSCCNC(=O)C(N)CC(=O)O)C1C. The predicted molar refractivity (Wildman–Crippen MR) is 176 cm³/mol. The van der Waals surface area contributed by atoms with Gasteiger partial charge in [0, 0.05) is 50.9 Å². The van der Waals surface area contributed by atoms with Gasteiger partial charge in [0.05, 0.1) is 18.5 Å². The average Bonchev–Trinajstić information content (AvgIpc) is 3.34. The van der Waals surface area contributed by atoms with Gasteiger partial charge in [-0.15, -0.1) is 11.3 Å². The highest BCUT2D eigenvalue weighted by atomic mass is 32.2. The van der Waals surface area contributed by atoms with Gasteiger partial charge in [-0.3, -0.25) is 29.1 Å². The number of carboxylic acid groups (broad SMARTS) is 2. The van der Waals surface area contributed by atoms with Crippen LogP contribution in [0.15, 0.2) is 39.1 Å². The number of likely N-dealkylation sites (tertiary alicyclic amines) is 1. The quantitative estimate of drug-likeness (QED) is 0.0172. The van der Waals surface area contributed by atoms with Gasteiger partial charge in [0.1, 0.15) is 17.4 Å². The number of hydrogen-bond donors (Lipinski definition) is 8. The number of nitrogens with two attached hydrogens (primary N) is 2. The van der Waals surface area contributed by atoms with E-state index in [0.717, 1.165) is 33.6 Å². The van der Waals surface area contributed by atoms with Crippen LogP contribution in [0.1, 0.15) is 29.5 Å². The van der Waals surface area contributed by atoms with Gasteiger partial charge in [-0.05, 0) is 25.5 Å². The number of nitrogens with one attached hydrogen (secondary N) is 2. The van der Waals surface area contributed by atoms with Gasteiger partial charge in [0.2, 0.25) is 5.91 Å². The monoisotopic (exact) mass is 712 g/mol. The number of aliphatic carboxylic acids is 2. The summed E-state index contributed by atoms with van der Waals surface area (Å²) in [7, 11) is 0. The number of nitrogens with zero attached hydrogens (tertiary/aromatic N) is 4. The van der Waals surface area contributed by atoms with Crippen molar-refractivity contribution in [3.63, 3.8) is 0 Å². The minimum atomic E-state index is -1.37. The van der Waals surface area contributed by atoms with E-state index in [-0.39, 0.29) is 33.7 Å². The average molecular weight is 713 g/mol. The minimum Gasteiger partial charge on any atom is -0.481 e. The number of rotatable bonds is 16. The third kappa shape index (κ3) is 8.90. The number of amides is 3. The van der Waals surface area contributed by atoms with E-state index in [2.05, 4.69) is 38.4 Å². The number of aryl methyl sites for hydroxylation is 1. The number of β-lactam (4-membered cyclic amide) rings is 1. The lowest BCUT2D eigenvalue weighted by Crippen LogP contribution is -2.70. The minimum absolute atomic E-state index is 0.0246. The molecule has 1 aliphatic rings. The van der Waals surface area contributed by atoms with Crippen LogP contribution in [0.5, 0.6) is 0 Å². The van der Waals surface area contributed by atoms with Crippen LogP contribution in [0.3, 0.4) is 0 Å². The molecule has 1 saturated heterocycles. The Kier molecular flexibility index (Phi) is 13.2. The molecular formula is C26H32N8O8S4. The normalized spacial score (nSPS) is 17.5. The number of oxime groups is 1. The van der Waals surface area contributed by atoms with Gasteiger partial charge in [0.15, 0.2) is 10.8 Å². The predicted octanol–water partition coefficient (Wildman–Crippen LogP) is 0.492. The molecule has 3 heterocycles. The van der Waals surface area contributed by atoms with E-state index >= 15 is 0 Å². The molecule has 0 aromatic carbocycles. The first-order chi connectivity index (χ1) is 21.8. The van der Waals surface area contributed by atoms with E-state index in [1.807, 2.05) is 0 Å². The molecule has 0 aliphatic carbocycles. The molecule has 248 valence electrons. The molecule has 0 radical (unpaired) electrons. The number of carbonyl (C=O) groups is 5. The van der Waals surface area contributed by atoms with Crippen LogP contribution in [0.2, 0.25) is 0 Å². The van der Waals surface area contributed by atoms with Crippen LogP contribution in [0, 0.1) is 6.92 Å². The molecule has 9 N–H and O–H groups in total. The second-order valence-electron chi connectivity index (χ2n) is 9.67. The van der Waals surface area contributed by atoms with Gasteiger partial charge in [-0.2, -0.15) is 24.4 Å². The van der Waals surface area contributed by atoms with E-state index in [1.165, 1.54) is 18.0 Å². The topological polar surface area (TPSA) is 264 Å². The zero-order valence-corrected chi connectivity index (χ0v) is 27.8. The highest BCUT2D eigenvalue weighted by Crippen LogP contribution is 2.37. The van der Waals surface area contributed by atoms with Gasteiger partial charge < -0.3 is 37.5 Å². The number of pyridine rings is 1. The van der Waals surface area contributed by atoms with E-state index in [0.29, 0.717) is 21.3 Å². The second-order valence-corrected chi connectivity index (χ2v) is 13.5. The molecule has 2 aromatic heterocycles. The summed E-state index contributed by atoms with van der Waals surface area (Å²) in [6.45, 7) is 3.46. The fraction of sp³-hybridized carbons (Fsp3) is 0.385. The molecule has 3 unspecified atom stereocenters. The van der Waals surface area contributed by atoms with Gasteiger partial charge >= 0.3 is 11.9 Å². The maximum atomic E-state index is 13.2. The standard InChI is InChI=1S/C26H32N8O8S4/c1-11-18(31-23(38)20(33-42)19-12(2)45-26(28)32-19)24(39)34(11)21(25(40)41)16(9-43)46-15-3-4-29-8-13(15)10-44-6-5-30-22(37)14(27)7-17(35)36/h3-4,8,11,14,18,42-43H,5-7,9-10,27H2,1-2H3,(H2,28,32)(H,30,37)(H,31,38)(H,35,36)(H,40,41)/b21-16+,33-20-. The fourth-order valence-corrected chi connectivity index (χ4v) is 7.24. The van der Waals surface area contributed by atoms with Crippen molar-refractivity contribution >= 4 is 88.0 Å². The van der Waals surface area contributed by atoms with Crippen molar-refractivity contribution in [2.45, 2.75) is 49.0 Å². The smallest absolute Gasteiger partial charge is 0.353 e. The summed E-state index contributed by atoms with van der Waals surface area (Å²) in [6, 6.07) is -1.33. The molecule has 3 rings (SSSR count). The number of aromatic nitrogens is 2. The highest BCUT2D eigenvalue weighted by molar-refractivity contribution is 8.04. The molecule has 16 nitrogen and oxygen atoms in total. The first-order valence-corrected chi connectivity index (χ1v) is 16.8. The lowest BCUT2D eigenvalue weighted by atomic mass is 9.95. The fourth-order valence-electron chi connectivity index (χ4n) is 4.27. The first kappa shape index (κ1) is 36.6. The van der Waals surface area contributed by atoms with Crippen molar-refractivity contribution in [2.75, 3.05) is 23.8 Å². The molecule has 2 aromatic rings. The number of hydrogen-bond acceptors (Lipinski definition) is 15. The lowest BCUT2D eigenvalue weighted by Gasteiger charge is -2.45. The second kappa shape index (κ2) is 16.6. The molecule has 3 amide bonds. The van der Waals surface area contributed by atoms with Crippen LogP contribution in [-0.4, -0.2) is 102 Å². The molecule has 0 spiro atoms. The summed E-state index contributed by atoms with van der Waals surface area (Å²) in [5.41, 5.74) is 11.3. The zero-order valence-electron chi connectivity index (χ0n) is 24.5. The van der Waals surface area contributed by atoms with E-state index < -0.39 is 59.9 Å².